The van der Waals surface area contributed by atoms with Crippen molar-refractivity contribution in [2.24, 2.45) is 5.92 Å². The van der Waals surface area contributed by atoms with Crippen LogP contribution < -0.4 is 4.90 Å². The van der Waals surface area contributed by atoms with Crippen molar-refractivity contribution in [3.63, 3.8) is 0 Å². The number of nitrogens with zero attached hydrogens (tertiary/aromatic N) is 3. The van der Waals surface area contributed by atoms with Crippen LogP contribution in [-0.2, 0) is 21.6 Å². The lowest BCUT2D eigenvalue weighted by Crippen LogP contribution is -2.30. The first-order valence-electron chi connectivity index (χ1n) is 8.92. The molecule has 1 saturated heterocycles. The lowest BCUT2D eigenvalue weighted by molar-refractivity contribution is 0.655. The fourth-order valence-electron chi connectivity index (χ4n) is 4.66. The van der Waals surface area contributed by atoms with Crippen molar-refractivity contribution in [2.45, 2.75) is 36.5 Å². The maximum absolute atomic E-state index is 12.8. The van der Waals surface area contributed by atoms with Crippen LogP contribution in [0.5, 0.6) is 0 Å². The van der Waals surface area contributed by atoms with E-state index in [1.54, 1.807) is 6.33 Å². The Hall–Kier alpha value is -1.95. The smallest absolute Gasteiger partial charge is 0.149 e. The molecule has 1 N–H and O–H groups in total. The summed E-state index contributed by atoms with van der Waals surface area (Å²) in [5, 5.41) is 0. The molecule has 2 aromatic rings. The molecule has 2 fully saturated rings. The van der Waals surface area contributed by atoms with Crippen LogP contribution in [0.25, 0.3) is 0 Å². The Labute approximate surface area is 148 Å². The highest BCUT2D eigenvalue weighted by molar-refractivity contribution is 7.92. The Morgan fingerprint density at radius 3 is 2.88 bits per heavy atom. The van der Waals surface area contributed by atoms with Gasteiger partial charge in [-0.1, -0.05) is 29.8 Å². The summed E-state index contributed by atoms with van der Waals surface area (Å²) in [7, 11) is -2.77. The standard InChI is InChI=1S/C19H22N4OS/c1-13-4-6-14(7-5-13)19-9-15(19)10-23(11-19)18-17-16(21-12-22-18)3-2-8-25(17,20)24/h4-7,12,15,20H,2-3,8-11H2,1H3. The quantitative estimate of drug-likeness (QED) is 0.900. The second kappa shape index (κ2) is 5.04. The predicted molar refractivity (Wildman–Crippen MR) is 97.5 cm³/mol. The SMILES string of the molecule is Cc1ccc(C23CC2CN(c2ncnc4c2S(=N)(=O)CCC4)C3)cc1. The first-order valence-corrected chi connectivity index (χ1v) is 10.6. The molecule has 130 valence electrons. The molecule has 0 spiro atoms. The van der Waals surface area contributed by atoms with Crippen LogP contribution in [0.2, 0.25) is 0 Å². The molecule has 6 heteroatoms. The molecular formula is C19H22N4OS. The number of anilines is 1. The van der Waals surface area contributed by atoms with Gasteiger partial charge in [0.1, 0.15) is 17.0 Å². The van der Waals surface area contributed by atoms with Crippen LogP contribution >= 0.6 is 0 Å². The molecule has 0 amide bonds. The summed E-state index contributed by atoms with van der Waals surface area (Å²) >= 11 is 0. The van der Waals surface area contributed by atoms with E-state index in [9.17, 15) is 4.21 Å². The van der Waals surface area contributed by atoms with Gasteiger partial charge in [-0.25, -0.2) is 19.0 Å². The van der Waals surface area contributed by atoms with Crippen LogP contribution in [0.15, 0.2) is 35.5 Å². The molecule has 3 unspecified atom stereocenters. The van der Waals surface area contributed by atoms with E-state index in [2.05, 4.69) is 46.1 Å². The van der Waals surface area contributed by atoms with E-state index >= 15 is 0 Å². The topological polar surface area (TPSA) is 69.9 Å². The molecular weight excluding hydrogens is 332 g/mol. The second-order valence-electron chi connectivity index (χ2n) is 7.76. The van der Waals surface area contributed by atoms with Crippen LogP contribution in [0.4, 0.5) is 5.82 Å². The van der Waals surface area contributed by atoms with Crippen LogP contribution in [0.1, 0.15) is 29.7 Å². The molecule has 0 bridgehead atoms. The number of aryl methyl sites for hydroxylation is 2. The molecule has 1 saturated carbocycles. The third-order valence-corrected chi connectivity index (χ3v) is 8.05. The fourth-order valence-corrected chi connectivity index (χ4v) is 6.43. The zero-order chi connectivity index (χ0) is 17.2. The van der Waals surface area contributed by atoms with Gasteiger partial charge >= 0.3 is 0 Å². The van der Waals surface area contributed by atoms with Gasteiger partial charge < -0.3 is 4.90 Å². The molecule has 1 aliphatic carbocycles. The summed E-state index contributed by atoms with van der Waals surface area (Å²) < 4.78 is 21.2. The van der Waals surface area contributed by atoms with E-state index in [0.29, 0.717) is 16.6 Å². The van der Waals surface area contributed by atoms with E-state index in [1.807, 2.05) is 0 Å². The number of fused-ring (bicyclic) bond motifs is 2. The van der Waals surface area contributed by atoms with Crippen molar-refractivity contribution in [3.05, 3.63) is 47.4 Å². The Kier molecular flexibility index (Phi) is 3.08. The summed E-state index contributed by atoms with van der Waals surface area (Å²) in [4.78, 5) is 11.7. The molecule has 1 aromatic carbocycles. The third-order valence-electron chi connectivity index (χ3n) is 6.11. The molecule has 2 aliphatic heterocycles. The van der Waals surface area contributed by atoms with Crippen molar-refractivity contribution in [1.82, 2.24) is 9.97 Å². The molecule has 3 atom stereocenters. The van der Waals surface area contributed by atoms with E-state index in [0.717, 1.165) is 37.4 Å². The molecule has 3 heterocycles. The summed E-state index contributed by atoms with van der Waals surface area (Å²) in [6.07, 6.45) is 4.39. The largest absolute Gasteiger partial charge is 0.354 e. The Balaban J connectivity index is 1.52. The predicted octanol–water partition coefficient (Wildman–Crippen LogP) is 2.91. The van der Waals surface area contributed by atoms with Crippen molar-refractivity contribution in [2.75, 3.05) is 23.7 Å². The van der Waals surface area contributed by atoms with Crippen LogP contribution in [-0.4, -0.2) is 33.0 Å². The number of rotatable bonds is 2. The Bertz CT molecular complexity index is 954. The number of hydrogen-bond donors (Lipinski definition) is 1. The van der Waals surface area contributed by atoms with Gasteiger partial charge in [-0.3, -0.25) is 0 Å². The number of aromatic nitrogens is 2. The second-order valence-corrected chi connectivity index (χ2v) is 9.93. The summed E-state index contributed by atoms with van der Waals surface area (Å²) in [5.74, 6) is 1.82. The number of piperidine rings is 1. The van der Waals surface area contributed by atoms with Gasteiger partial charge in [-0.05, 0) is 37.7 Å². The Morgan fingerprint density at radius 1 is 1.28 bits per heavy atom. The molecule has 1 aromatic heterocycles. The summed E-state index contributed by atoms with van der Waals surface area (Å²) in [5.41, 5.74) is 3.72. The average molecular weight is 354 g/mol. The first-order chi connectivity index (χ1) is 12.0. The highest BCUT2D eigenvalue weighted by Gasteiger charge is 2.61. The van der Waals surface area contributed by atoms with Crippen molar-refractivity contribution < 1.29 is 4.21 Å². The minimum absolute atomic E-state index is 0.211. The maximum Gasteiger partial charge on any atom is 0.149 e. The molecule has 3 aliphatic rings. The monoisotopic (exact) mass is 354 g/mol. The van der Waals surface area contributed by atoms with Gasteiger partial charge in [0.05, 0.1) is 15.4 Å². The average Bonchev–Trinajstić information content (AvgIpc) is 3.16. The number of nitrogens with one attached hydrogen (secondary N) is 1. The van der Waals surface area contributed by atoms with Crippen LogP contribution in [0.3, 0.4) is 0 Å². The highest BCUT2D eigenvalue weighted by Crippen LogP contribution is 2.59. The molecule has 25 heavy (non-hydrogen) atoms. The lowest BCUT2D eigenvalue weighted by atomic mass is 9.94. The Morgan fingerprint density at radius 2 is 2.08 bits per heavy atom. The number of benzene rings is 1. The normalized spacial score (nSPS) is 33.0. The molecule has 5 nitrogen and oxygen atoms in total. The molecule has 0 radical (unpaired) electrons. The van der Waals surface area contributed by atoms with Crippen LogP contribution in [0, 0.1) is 17.6 Å². The zero-order valence-electron chi connectivity index (χ0n) is 14.4. The zero-order valence-corrected chi connectivity index (χ0v) is 15.2. The van der Waals surface area contributed by atoms with Crippen molar-refractivity contribution in [3.8, 4) is 0 Å². The summed E-state index contributed by atoms with van der Waals surface area (Å²) in [6, 6.07) is 8.88. The summed E-state index contributed by atoms with van der Waals surface area (Å²) in [6.45, 7) is 3.96. The minimum atomic E-state index is -2.77. The van der Waals surface area contributed by atoms with Gasteiger partial charge in [-0.2, -0.15) is 0 Å². The van der Waals surface area contributed by atoms with Gasteiger partial charge in [0.25, 0.3) is 0 Å². The minimum Gasteiger partial charge on any atom is -0.354 e. The van der Waals surface area contributed by atoms with E-state index < -0.39 is 9.73 Å². The van der Waals surface area contributed by atoms with Gasteiger partial charge in [-0.15, -0.1) is 0 Å². The van der Waals surface area contributed by atoms with E-state index in [1.165, 1.54) is 17.5 Å². The van der Waals surface area contributed by atoms with Crippen molar-refractivity contribution in [1.29, 1.82) is 4.78 Å². The third kappa shape index (κ3) is 2.23. The maximum atomic E-state index is 12.8. The first kappa shape index (κ1) is 15.3. The van der Waals surface area contributed by atoms with E-state index in [4.69, 9.17) is 4.78 Å². The lowest BCUT2D eigenvalue weighted by Gasteiger charge is -2.27. The number of hydrogen-bond acceptors (Lipinski definition) is 5. The van der Waals surface area contributed by atoms with E-state index in [-0.39, 0.29) is 5.41 Å². The van der Waals surface area contributed by atoms with Gasteiger partial charge in [0.15, 0.2) is 0 Å². The highest BCUT2D eigenvalue weighted by atomic mass is 32.2. The van der Waals surface area contributed by atoms with Gasteiger partial charge in [0.2, 0.25) is 0 Å². The van der Waals surface area contributed by atoms with Gasteiger partial charge in [0, 0.05) is 24.3 Å². The van der Waals surface area contributed by atoms with Crippen molar-refractivity contribution >= 4 is 15.5 Å². The fraction of sp³-hybridized carbons (Fsp3) is 0.474. The molecule has 5 rings (SSSR count).